The Kier molecular flexibility index (Phi) is 5.29. The fraction of sp³-hybridized carbons (Fsp3) is 0.200. The Morgan fingerprint density at radius 2 is 1.93 bits per heavy atom. The number of hydrazine groups is 1. The van der Waals surface area contributed by atoms with Crippen molar-refractivity contribution >= 4 is 46.2 Å². The van der Waals surface area contributed by atoms with E-state index in [0.717, 1.165) is 5.56 Å². The molecule has 9 heteroatoms. The van der Waals surface area contributed by atoms with Crippen LogP contribution in [0.4, 0.5) is 0 Å². The van der Waals surface area contributed by atoms with Gasteiger partial charge >= 0.3 is 0 Å². The molecule has 1 aromatic heterocycles. The van der Waals surface area contributed by atoms with Gasteiger partial charge in [0.2, 0.25) is 0 Å². The lowest BCUT2D eigenvalue weighted by molar-refractivity contribution is -0.139. The largest absolute Gasteiger partial charge is 0.296 e. The first kappa shape index (κ1) is 19.5. The van der Waals surface area contributed by atoms with Gasteiger partial charge in [-0.15, -0.1) is 11.8 Å². The molecule has 0 saturated carbocycles. The van der Waals surface area contributed by atoms with Gasteiger partial charge in [-0.05, 0) is 25.1 Å². The molecular weight excluding hydrogens is 412 g/mol. The number of hydrogen-bond donors (Lipinski definition) is 1. The molecule has 2 amide bonds. The van der Waals surface area contributed by atoms with Gasteiger partial charge in [0.15, 0.2) is 0 Å². The van der Waals surface area contributed by atoms with E-state index in [1.54, 1.807) is 37.3 Å². The highest BCUT2D eigenvalue weighted by Gasteiger charge is 2.35. The van der Waals surface area contributed by atoms with Crippen molar-refractivity contribution in [2.45, 2.75) is 18.8 Å². The van der Waals surface area contributed by atoms with Crippen molar-refractivity contribution in [1.82, 2.24) is 20.0 Å². The lowest BCUT2D eigenvalue weighted by Gasteiger charge is -2.25. The van der Waals surface area contributed by atoms with Crippen LogP contribution in [0.5, 0.6) is 0 Å². The Morgan fingerprint density at radius 3 is 2.72 bits per heavy atom. The second-order valence-electron chi connectivity index (χ2n) is 6.56. The monoisotopic (exact) mass is 428 g/mol. The number of aromatic nitrogens is 2. The molecule has 1 aliphatic rings. The first-order valence-electron chi connectivity index (χ1n) is 8.89. The van der Waals surface area contributed by atoms with Crippen LogP contribution in [0.15, 0.2) is 53.3 Å². The summed E-state index contributed by atoms with van der Waals surface area (Å²) in [5.41, 5.74) is 4.54. The van der Waals surface area contributed by atoms with Crippen molar-refractivity contribution in [3.05, 3.63) is 75.2 Å². The van der Waals surface area contributed by atoms with Crippen LogP contribution in [-0.2, 0) is 16.1 Å². The Bertz CT molecular complexity index is 1180. The normalized spacial score (nSPS) is 16.4. The van der Waals surface area contributed by atoms with Crippen molar-refractivity contribution < 1.29 is 9.59 Å². The number of nitrogens with zero attached hydrogens (tertiary/aromatic N) is 3. The van der Waals surface area contributed by atoms with Crippen molar-refractivity contribution in [2.24, 2.45) is 0 Å². The summed E-state index contributed by atoms with van der Waals surface area (Å²) in [6, 6.07) is 14.3. The second kappa shape index (κ2) is 7.88. The highest BCUT2D eigenvalue weighted by molar-refractivity contribution is 8.00. The predicted molar refractivity (Wildman–Crippen MR) is 112 cm³/mol. The molecule has 0 radical (unpaired) electrons. The molecule has 2 heterocycles. The highest BCUT2D eigenvalue weighted by atomic mass is 35.5. The van der Waals surface area contributed by atoms with Crippen LogP contribution in [0.3, 0.4) is 0 Å². The maximum atomic E-state index is 12.8. The summed E-state index contributed by atoms with van der Waals surface area (Å²) in [6.45, 7) is 1.38. The van der Waals surface area contributed by atoms with E-state index in [-0.39, 0.29) is 23.8 Å². The van der Waals surface area contributed by atoms with Gasteiger partial charge in [-0.25, -0.2) is 9.99 Å². The molecule has 29 heavy (non-hydrogen) atoms. The van der Waals surface area contributed by atoms with E-state index in [9.17, 15) is 14.4 Å². The summed E-state index contributed by atoms with van der Waals surface area (Å²) in [6.07, 6.45) is 0. The summed E-state index contributed by atoms with van der Waals surface area (Å²) in [5.74, 6) is -0.472. The van der Waals surface area contributed by atoms with E-state index in [1.807, 2.05) is 18.2 Å². The number of amides is 2. The zero-order valence-corrected chi connectivity index (χ0v) is 17.0. The lowest BCUT2D eigenvalue weighted by Crippen LogP contribution is -2.46. The van der Waals surface area contributed by atoms with Gasteiger partial charge in [-0.1, -0.05) is 41.9 Å². The smallest absolute Gasteiger partial charge is 0.272 e. The molecule has 0 spiro atoms. The van der Waals surface area contributed by atoms with E-state index >= 15 is 0 Å². The fourth-order valence-corrected chi connectivity index (χ4v) is 4.69. The molecule has 4 rings (SSSR count). The van der Waals surface area contributed by atoms with E-state index < -0.39 is 11.3 Å². The van der Waals surface area contributed by atoms with Crippen LogP contribution in [0.25, 0.3) is 11.0 Å². The summed E-state index contributed by atoms with van der Waals surface area (Å²) < 4.78 is 1.37. The van der Waals surface area contributed by atoms with Crippen LogP contribution in [0.1, 0.15) is 16.6 Å². The molecule has 1 saturated heterocycles. The highest BCUT2D eigenvalue weighted by Crippen LogP contribution is 2.40. The molecule has 0 bridgehead atoms. The van der Waals surface area contributed by atoms with E-state index in [2.05, 4.69) is 10.4 Å². The number of carbonyl (C=O) groups excluding carboxylic acids is 2. The first-order chi connectivity index (χ1) is 14.0. The zero-order valence-electron chi connectivity index (χ0n) is 15.5. The molecule has 1 aliphatic heterocycles. The van der Waals surface area contributed by atoms with Crippen molar-refractivity contribution in [3.8, 4) is 0 Å². The number of rotatable bonds is 4. The van der Waals surface area contributed by atoms with Gasteiger partial charge < -0.3 is 0 Å². The number of thioether (sulfide) groups is 1. The maximum absolute atomic E-state index is 12.8. The average Bonchev–Trinajstić information content (AvgIpc) is 3.06. The zero-order chi connectivity index (χ0) is 20.5. The SMILES string of the molecule is Cc1nc2ccccc2n(CC(=O)NN2C(=O)CSC2c2ccccc2Cl)c1=O. The molecule has 3 aromatic rings. The van der Waals surface area contributed by atoms with Gasteiger partial charge in [0.05, 0.1) is 16.8 Å². The quantitative estimate of drug-likeness (QED) is 0.690. The standard InChI is InChI=1S/C20H17ClN4O3S/c1-12-19(28)24(16-9-5-4-8-15(16)22-12)10-17(26)23-25-18(27)11-29-20(25)13-6-2-3-7-14(13)21/h2-9,20H,10-11H2,1H3,(H,23,26). The third-order valence-corrected chi connectivity index (χ3v) is 6.14. The number of aryl methyl sites for hydroxylation is 1. The van der Waals surface area contributed by atoms with Crippen LogP contribution >= 0.6 is 23.4 Å². The lowest BCUT2D eigenvalue weighted by atomic mass is 10.2. The van der Waals surface area contributed by atoms with Gasteiger partial charge in [0.1, 0.15) is 17.6 Å². The molecule has 2 aromatic carbocycles. The summed E-state index contributed by atoms with van der Waals surface area (Å²) in [4.78, 5) is 42.0. The van der Waals surface area contributed by atoms with E-state index in [0.29, 0.717) is 21.7 Å². The molecular formula is C20H17ClN4O3S. The number of halogens is 1. The van der Waals surface area contributed by atoms with Crippen molar-refractivity contribution in [2.75, 3.05) is 5.75 Å². The molecule has 1 N–H and O–H groups in total. The van der Waals surface area contributed by atoms with Crippen molar-refractivity contribution in [3.63, 3.8) is 0 Å². The van der Waals surface area contributed by atoms with E-state index in [4.69, 9.17) is 11.6 Å². The minimum absolute atomic E-state index is 0.226. The second-order valence-corrected chi connectivity index (χ2v) is 8.04. The number of nitrogens with one attached hydrogen (secondary N) is 1. The molecule has 1 atom stereocenters. The third kappa shape index (κ3) is 3.73. The number of para-hydroxylation sites is 2. The van der Waals surface area contributed by atoms with Gasteiger partial charge in [-0.2, -0.15) is 0 Å². The number of fused-ring (bicyclic) bond motifs is 1. The molecule has 1 fully saturated rings. The molecule has 7 nitrogen and oxygen atoms in total. The van der Waals surface area contributed by atoms with E-state index in [1.165, 1.54) is 21.3 Å². The number of benzene rings is 2. The van der Waals surface area contributed by atoms with Gasteiger partial charge in [-0.3, -0.25) is 24.4 Å². The summed E-state index contributed by atoms with van der Waals surface area (Å²) >= 11 is 7.65. The third-order valence-electron chi connectivity index (χ3n) is 4.60. The minimum Gasteiger partial charge on any atom is -0.296 e. The maximum Gasteiger partial charge on any atom is 0.272 e. The van der Waals surface area contributed by atoms with Crippen LogP contribution in [0, 0.1) is 6.92 Å². The van der Waals surface area contributed by atoms with Gasteiger partial charge in [0, 0.05) is 10.6 Å². The molecule has 1 unspecified atom stereocenters. The van der Waals surface area contributed by atoms with Crippen molar-refractivity contribution in [1.29, 1.82) is 0 Å². The van der Waals surface area contributed by atoms with Crippen LogP contribution in [0.2, 0.25) is 5.02 Å². The first-order valence-corrected chi connectivity index (χ1v) is 10.3. The molecule has 0 aliphatic carbocycles. The Labute approximate surface area is 175 Å². The number of carbonyl (C=O) groups is 2. The minimum atomic E-state index is -0.476. The number of hydrogen-bond acceptors (Lipinski definition) is 5. The fourth-order valence-electron chi connectivity index (χ4n) is 3.24. The van der Waals surface area contributed by atoms with Crippen LogP contribution in [-0.4, -0.2) is 32.1 Å². The summed E-state index contributed by atoms with van der Waals surface area (Å²) in [5, 5.41) is 1.38. The van der Waals surface area contributed by atoms with Gasteiger partial charge in [0.25, 0.3) is 17.4 Å². The average molecular weight is 429 g/mol. The Morgan fingerprint density at radius 1 is 1.21 bits per heavy atom. The molecule has 148 valence electrons. The summed E-state index contributed by atoms with van der Waals surface area (Å²) in [7, 11) is 0. The predicted octanol–water partition coefficient (Wildman–Crippen LogP) is 2.66. The topological polar surface area (TPSA) is 84.3 Å². The Hall–Kier alpha value is -2.84. The van der Waals surface area contributed by atoms with Crippen LogP contribution < -0.4 is 11.0 Å². The Balaban J connectivity index is 1.61.